The Morgan fingerprint density at radius 3 is 2.36 bits per heavy atom. The zero-order chi connectivity index (χ0) is 17.2. The highest BCUT2D eigenvalue weighted by atomic mass is 16.2. The van der Waals surface area contributed by atoms with Crippen LogP contribution < -0.4 is 0 Å². The van der Waals surface area contributed by atoms with Crippen molar-refractivity contribution in [3.05, 3.63) is 77.5 Å². The van der Waals surface area contributed by atoms with Gasteiger partial charge in [0.15, 0.2) is 0 Å². The van der Waals surface area contributed by atoms with E-state index in [-0.39, 0.29) is 6.04 Å². The maximum Gasteiger partial charge on any atom is 0.135 e. The normalized spacial score (nSPS) is 22.6. The molecule has 1 fully saturated rings. The van der Waals surface area contributed by atoms with Crippen molar-refractivity contribution in [2.45, 2.75) is 6.04 Å². The van der Waals surface area contributed by atoms with Gasteiger partial charge in [-0.3, -0.25) is 4.99 Å². The molecule has 1 saturated heterocycles. The number of hydrogen-bond acceptors (Lipinski definition) is 4. The van der Waals surface area contributed by atoms with Crippen LogP contribution in [0.2, 0.25) is 0 Å². The molecular formula is C21H23N3O. The van der Waals surface area contributed by atoms with Crippen molar-refractivity contribution in [2.75, 3.05) is 33.2 Å². The molecule has 2 aromatic rings. The lowest BCUT2D eigenvalue weighted by Gasteiger charge is -2.38. The molecule has 1 unspecified atom stereocenters. The molecule has 2 aromatic carbocycles. The number of fused-ring (bicyclic) bond motifs is 1. The minimum atomic E-state index is -0.0317. The van der Waals surface area contributed by atoms with Crippen molar-refractivity contribution < 1.29 is 5.11 Å². The van der Waals surface area contributed by atoms with Gasteiger partial charge in [0.1, 0.15) is 11.9 Å². The van der Waals surface area contributed by atoms with Crippen molar-refractivity contribution in [3.8, 4) is 0 Å². The van der Waals surface area contributed by atoms with Crippen LogP contribution in [0.15, 0.2) is 65.9 Å². The van der Waals surface area contributed by atoms with E-state index >= 15 is 0 Å². The number of aliphatic imine (C=N–C) groups is 1. The van der Waals surface area contributed by atoms with Gasteiger partial charge in [0, 0.05) is 26.2 Å². The van der Waals surface area contributed by atoms with E-state index in [1.54, 1.807) is 0 Å². The fraction of sp³-hybridized carbons (Fsp3) is 0.286. The monoisotopic (exact) mass is 333 g/mol. The molecule has 0 radical (unpaired) electrons. The number of benzene rings is 2. The minimum Gasteiger partial charge on any atom is -0.515 e. The van der Waals surface area contributed by atoms with Gasteiger partial charge < -0.3 is 14.9 Å². The Morgan fingerprint density at radius 1 is 0.960 bits per heavy atom. The van der Waals surface area contributed by atoms with Crippen LogP contribution in [0.3, 0.4) is 0 Å². The van der Waals surface area contributed by atoms with E-state index in [4.69, 9.17) is 4.99 Å². The van der Waals surface area contributed by atoms with Gasteiger partial charge in [-0.25, -0.2) is 0 Å². The molecule has 0 spiro atoms. The Kier molecular flexibility index (Phi) is 4.28. The average molecular weight is 333 g/mol. The fourth-order valence-corrected chi connectivity index (χ4v) is 3.65. The number of amidine groups is 1. The van der Waals surface area contributed by atoms with E-state index in [1.807, 2.05) is 18.2 Å². The van der Waals surface area contributed by atoms with Crippen LogP contribution in [0.1, 0.15) is 22.7 Å². The molecule has 25 heavy (non-hydrogen) atoms. The largest absolute Gasteiger partial charge is 0.515 e. The average Bonchev–Trinajstić information content (AvgIpc) is 2.68. The lowest BCUT2D eigenvalue weighted by atomic mass is 9.88. The molecule has 1 atom stereocenters. The number of hydrogen-bond donors (Lipinski definition) is 1. The van der Waals surface area contributed by atoms with Crippen LogP contribution in [-0.4, -0.2) is 54.0 Å². The number of piperazine rings is 1. The number of aliphatic hydroxyl groups is 1. The van der Waals surface area contributed by atoms with Crippen molar-refractivity contribution >= 4 is 11.4 Å². The smallest absolute Gasteiger partial charge is 0.135 e. The molecule has 4 heteroatoms. The second-order valence-electron chi connectivity index (χ2n) is 6.69. The van der Waals surface area contributed by atoms with Gasteiger partial charge in [0.05, 0.1) is 11.8 Å². The standard InChI is InChI=1S/C21H23N3O/c1-23-11-13-24(14-12-23)21-19(15-25)17-9-5-6-10-18(17)20(22-21)16-7-3-2-4-8-16/h2-10,15,20,25H,11-14H2,1H3. The molecular weight excluding hydrogens is 310 g/mol. The Balaban J connectivity index is 1.81. The van der Waals surface area contributed by atoms with Crippen LogP contribution >= 0.6 is 0 Å². The summed E-state index contributed by atoms with van der Waals surface area (Å²) in [5.74, 6) is 0.906. The highest BCUT2D eigenvalue weighted by molar-refractivity contribution is 6.23. The molecule has 2 aliphatic heterocycles. The second kappa shape index (κ2) is 6.73. The van der Waals surface area contributed by atoms with E-state index in [1.165, 1.54) is 11.8 Å². The first kappa shape index (κ1) is 15.9. The third-order valence-corrected chi connectivity index (χ3v) is 5.09. The van der Waals surface area contributed by atoms with E-state index in [9.17, 15) is 5.11 Å². The lowest BCUT2D eigenvalue weighted by Crippen LogP contribution is -2.48. The van der Waals surface area contributed by atoms with Crippen molar-refractivity contribution in [1.29, 1.82) is 0 Å². The van der Waals surface area contributed by atoms with Crippen molar-refractivity contribution in [1.82, 2.24) is 9.80 Å². The summed E-state index contributed by atoms with van der Waals surface area (Å²) < 4.78 is 0. The van der Waals surface area contributed by atoms with E-state index in [0.29, 0.717) is 0 Å². The molecule has 0 aromatic heterocycles. The van der Waals surface area contributed by atoms with Crippen LogP contribution in [0.25, 0.3) is 5.57 Å². The molecule has 4 rings (SSSR count). The maximum absolute atomic E-state index is 9.97. The Morgan fingerprint density at radius 2 is 1.64 bits per heavy atom. The van der Waals surface area contributed by atoms with Gasteiger partial charge in [-0.05, 0) is 23.7 Å². The fourth-order valence-electron chi connectivity index (χ4n) is 3.65. The van der Waals surface area contributed by atoms with E-state index in [2.05, 4.69) is 53.2 Å². The predicted octanol–water partition coefficient (Wildman–Crippen LogP) is 3.33. The van der Waals surface area contributed by atoms with E-state index < -0.39 is 0 Å². The first-order valence-electron chi connectivity index (χ1n) is 8.78. The summed E-state index contributed by atoms with van der Waals surface area (Å²) >= 11 is 0. The predicted molar refractivity (Wildman–Crippen MR) is 102 cm³/mol. The third-order valence-electron chi connectivity index (χ3n) is 5.09. The van der Waals surface area contributed by atoms with Crippen molar-refractivity contribution in [3.63, 3.8) is 0 Å². The molecule has 1 N–H and O–H groups in total. The third kappa shape index (κ3) is 2.94. The number of rotatable bonds is 1. The minimum absolute atomic E-state index is 0.0317. The van der Waals surface area contributed by atoms with Gasteiger partial charge in [0.25, 0.3) is 0 Å². The topological polar surface area (TPSA) is 39.1 Å². The molecule has 128 valence electrons. The molecule has 0 saturated carbocycles. The van der Waals surface area contributed by atoms with Crippen molar-refractivity contribution in [2.24, 2.45) is 4.99 Å². The van der Waals surface area contributed by atoms with Gasteiger partial charge in [-0.1, -0.05) is 54.6 Å². The molecule has 2 heterocycles. The number of likely N-dealkylation sites (N-methyl/N-ethyl adjacent to an activating group) is 1. The van der Waals surface area contributed by atoms with Gasteiger partial charge in [-0.2, -0.15) is 0 Å². The zero-order valence-electron chi connectivity index (χ0n) is 14.5. The summed E-state index contributed by atoms with van der Waals surface area (Å²) in [5, 5.41) is 9.97. The molecule has 2 aliphatic rings. The lowest BCUT2D eigenvalue weighted by molar-refractivity contribution is 0.216. The van der Waals surface area contributed by atoms with Crippen LogP contribution in [0, 0.1) is 0 Å². The first-order chi connectivity index (χ1) is 12.3. The summed E-state index contributed by atoms with van der Waals surface area (Å²) in [7, 11) is 2.14. The van der Waals surface area contributed by atoms with Crippen LogP contribution in [-0.2, 0) is 0 Å². The van der Waals surface area contributed by atoms with Gasteiger partial charge >= 0.3 is 0 Å². The maximum atomic E-state index is 9.97. The summed E-state index contributed by atoms with van der Waals surface area (Å²) in [6.45, 7) is 3.87. The molecule has 0 amide bonds. The highest BCUT2D eigenvalue weighted by Crippen LogP contribution is 2.38. The molecule has 0 aliphatic carbocycles. The summed E-state index contributed by atoms with van der Waals surface area (Å²) in [5.41, 5.74) is 4.22. The summed E-state index contributed by atoms with van der Waals surface area (Å²) in [4.78, 5) is 9.71. The number of aliphatic hydroxyl groups excluding tert-OH is 1. The Bertz CT molecular complexity index is 805. The summed E-state index contributed by atoms with van der Waals surface area (Å²) in [6, 6.07) is 18.6. The van der Waals surface area contributed by atoms with Crippen LogP contribution in [0.4, 0.5) is 0 Å². The Hall–Kier alpha value is -2.59. The van der Waals surface area contributed by atoms with Gasteiger partial charge in [-0.15, -0.1) is 0 Å². The number of nitrogens with zero attached hydrogens (tertiary/aromatic N) is 3. The quantitative estimate of drug-likeness (QED) is 0.814. The zero-order valence-corrected chi connectivity index (χ0v) is 14.5. The summed E-state index contributed by atoms with van der Waals surface area (Å²) in [6.07, 6.45) is 1.22. The second-order valence-corrected chi connectivity index (χ2v) is 6.69. The van der Waals surface area contributed by atoms with E-state index in [0.717, 1.165) is 48.7 Å². The van der Waals surface area contributed by atoms with Gasteiger partial charge in [0.2, 0.25) is 0 Å². The molecule has 4 nitrogen and oxygen atoms in total. The Labute approximate surface area is 148 Å². The van der Waals surface area contributed by atoms with Crippen LogP contribution in [0.5, 0.6) is 0 Å². The SMILES string of the molecule is CN1CCN(C2=NC(c3ccccc3)c3ccccc3C2=CO)CC1. The molecule has 0 bridgehead atoms. The first-order valence-corrected chi connectivity index (χ1v) is 8.78. The highest BCUT2D eigenvalue weighted by Gasteiger charge is 2.30.